The molecule has 0 aromatic rings. The van der Waals surface area contributed by atoms with E-state index in [9.17, 15) is 14.7 Å². The summed E-state index contributed by atoms with van der Waals surface area (Å²) in [7, 11) is 0. The maximum Gasteiger partial charge on any atom is 0.419 e. The Morgan fingerprint density at radius 1 is 1.65 bits per heavy atom. The maximum atomic E-state index is 11.8. The van der Waals surface area contributed by atoms with Crippen LogP contribution in [0.2, 0.25) is 0 Å². The monoisotopic (exact) mass is 239 g/mol. The second-order valence-corrected chi connectivity index (χ2v) is 4.86. The van der Waals surface area contributed by atoms with E-state index in [0.717, 1.165) is 6.08 Å². The molecule has 2 amide bonds. The van der Waals surface area contributed by atoms with Gasteiger partial charge in [0.15, 0.2) is 5.72 Å². The molecule has 5 heteroatoms. The average Bonchev–Trinajstić information content (AvgIpc) is 2.39. The van der Waals surface area contributed by atoms with Gasteiger partial charge in [-0.05, 0) is 26.8 Å². The predicted octanol–water partition coefficient (Wildman–Crippen LogP) is 1.58. The van der Waals surface area contributed by atoms with Crippen LogP contribution in [0.25, 0.3) is 0 Å². The Kier molecular flexibility index (Phi) is 3.43. The zero-order chi connectivity index (χ0) is 13.3. The number of carbonyl (C=O) groups is 2. The van der Waals surface area contributed by atoms with Gasteiger partial charge in [0.05, 0.1) is 0 Å². The van der Waals surface area contributed by atoms with E-state index in [1.807, 2.05) is 0 Å². The molecule has 1 aliphatic rings. The first kappa shape index (κ1) is 13.4. The van der Waals surface area contributed by atoms with E-state index in [-0.39, 0.29) is 6.42 Å². The molecule has 1 heterocycles. The standard InChI is InChI=1S/C12H17NO4/c1-5-7-12(16)8-6-9(14)13(12)10(15)17-11(2,3)4/h5-6,8,16H,1,7H2,2-4H3. The highest BCUT2D eigenvalue weighted by Gasteiger charge is 2.44. The molecule has 1 rings (SSSR count). The lowest BCUT2D eigenvalue weighted by molar-refractivity contribution is -0.138. The molecule has 0 saturated carbocycles. The van der Waals surface area contributed by atoms with Gasteiger partial charge in [-0.2, -0.15) is 0 Å². The van der Waals surface area contributed by atoms with Crippen molar-refractivity contribution in [3.63, 3.8) is 0 Å². The van der Waals surface area contributed by atoms with E-state index in [1.54, 1.807) is 20.8 Å². The molecular weight excluding hydrogens is 222 g/mol. The summed E-state index contributed by atoms with van der Waals surface area (Å²) in [6, 6.07) is 0. The van der Waals surface area contributed by atoms with Crippen molar-refractivity contribution in [2.24, 2.45) is 0 Å². The van der Waals surface area contributed by atoms with Crippen LogP contribution in [-0.4, -0.2) is 33.3 Å². The molecule has 1 N–H and O–H groups in total. The van der Waals surface area contributed by atoms with Gasteiger partial charge in [0.25, 0.3) is 5.91 Å². The van der Waals surface area contributed by atoms with Crippen LogP contribution in [0.1, 0.15) is 27.2 Å². The largest absolute Gasteiger partial charge is 0.443 e. The number of aliphatic hydroxyl groups is 1. The zero-order valence-corrected chi connectivity index (χ0v) is 10.3. The van der Waals surface area contributed by atoms with Crippen molar-refractivity contribution < 1.29 is 19.4 Å². The van der Waals surface area contributed by atoms with E-state index in [2.05, 4.69) is 6.58 Å². The van der Waals surface area contributed by atoms with Crippen molar-refractivity contribution in [3.8, 4) is 0 Å². The van der Waals surface area contributed by atoms with E-state index >= 15 is 0 Å². The van der Waals surface area contributed by atoms with Gasteiger partial charge >= 0.3 is 6.09 Å². The van der Waals surface area contributed by atoms with Gasteiger partial charge < -0.3 is 9.84 Å². The number of imide groups is 1. The highest BCUT2D eigenvalue weighted by Crippen LogP contribution is 2.27. The molecule has 0 aliphatic carbocycles. The first-order valence-corrected chi connectivity index (χ1v) is 5.29. The first-order valence-electron chi connectivity index (χ1n) is 5.29. The van der Waals surface area contributed by atoms with E-state index in [0.29, 0.717) is 4.90 Å². The molecule has 0 fully saturated rings. The van der Waals surface area contributed by atoms with Crippen molar-refractivity contribution in [2.75, 3.05) is 0 Å². The van der Waals surface area contributed by atoms with Crippen LogP contribution in [0, 0.1) is 0 Å². The molecule has 94 valence electrons. The third-order valence-electron chi connectivity index (χ3n) is 2.12. The number of carbonyl (C=O) groups excluding carboxylic acids is 2. The molecule has 17 heavy (non-hydrogen) atoms. The quantitative estimate of drug-likeness (QED) is 0.743. The molecule has 0 bridgehead atoms. The number of amides is 2. The number of hydrogen-bond donors (Lipinski definition) is 1. The van der Waals surface area contributed by atoms with Crippen LogP contribution in [0.3, 0.4) is 0 Å². The summed E-state index contributed by atoms with van der Waals surface area (Å²) in [5.74, 6) is -0.594. The summed E-state index contributed by atoms with van der Waals surface area (Å²) in [4.78, 5) is 24.0. The predicted molar refractivity (Wildman–Crippen MR) is 62.0 cm³/mol. The van der Waals surface area contributed by atoms with Gasteiger partial charge in [-0.25, -0.2) is 9.69 Å². The zero-order valence-electron chi connectivity index (χ0n) is 10.3. The normalized spacial score (nSPS) is 24.0. The second-order valence-electron chi connectivity index (χ2n) is 4.86. The lowest BCUT2D eigenvalue weighted by Gasteiger charge is -2.32. The van der Waals surface area contributed by atoms with Gasteiger partial charge in [-0.3, -0.25) is 4.79 Å². The lowest BCUT2D eigenvalue weighted by Crippen LogP contribution is -2.51. The van der Waals surface area contributed by atoms with Crippen LogP contribution < -0.4 is 0 Å². The van der Waals surface area contributed by atoms with Crippen LogP contribution in [0.4, 0.5) is 4.79 Å². The topological polar surface area (TPSA) is 66.8 Å². The average molecular weight is 239 g/mol. The summed E-state index contributed by atoms with van der Waals surface area (Å²) in [5.41, 5.74) is -2.39. The lowest BCUT2D eigenvalue weighted by atomic mass is 10.1. The summed E-state index contributed by atoms with van der Waals surface area (Å²) in [5, 5.41) is 10.1. The van der Waals surface area contributed by atoms with Crippen LogP contribution in [-0.2, 0) is 9.53 Å². The minimum absolute atomic E-state index is 0.0640. The minimum atomic E-state index is -1.67. The van der Waals surface area contributed by atoms with Crippen LogP contribution >= 0.6 is 0 Å². The first-order chi connectivity index (χ1) is 7.69. The van der Waals surface area contributed by atoms with Gasteiger partial charge in [0.2, 0.25) is 0 Å². The van der Waals surface area contributed by atoms with Gasteiger partial charge in [-0.15, -0.1) is 6.58 Å². The van der Waals surface area contributed by atoms with Crippen molar-refractivity contribution in [1.29, 1.82) is 0 Å². The maximum absolute atomic E-state index is 11.8. The Labute approximate surface area is 100 Å². The van der Waals surface area contributed by atoms with Crippen molar-refractivity contribution in [1.82, 2.24) is 4.90 Å². The second kappa shape index (κ2) is 4.33. The van der Waals surface area contributed by atoms with Crippen molar-refractivity contribution in [2.45, 2.75) is 38.5 Å². The summed E-state index contributed by atoms with van der Waals surface area (Å²) in [6.07, 6.45) is 3.04. The molecule has 5 nitrogen and oxygen atoms in total. The SMILES string of the molecule is C=CCC1(O)C=CC(=O)N1C(=O)OC(C)(C)C. The van der Waals surface area contributed by atoms with E-state index < -0.39 is 23.3 Å². The molecule has 1 aliphatic heterocycles. The van der Waals surface area contributed by atoms with Gasteiger partial charge in [0, 0.05) is 12.5 Å². The van der Waals surface area contributed by atoms with E-state index in [4.69, 9.17) is 4.74 Å². The van der Waals surface area contributed by atoms with Gasteiger partial charge in [0.1, 0.15) is 5.60 Å². The number of hydrogen-bond acceptors (Lipinski definition) is 4. The summed E-state index contributed by atoms with van der Waals surface area (Å²) in [6.45, 7) is 8.54. The fourth-order valence-corrected chi connectivity index (χ4v) is 1.47. The summed E-state index contributed by atoms with van der Waals surface area (Å²) < 4.78 is 5.07. The van der Waals surface area contributed by atoms with Crippen LogP contribution in [0.5, 0.6) is 0 Å². The number of nitrogens with zero attached hydrogens (tertiary/aromatic N) is 1. The Morgan fingerprint density at radius 2 is 2.24 bits per heavy atom. The van der Waals surface area contributed by atoms with Gasteiger partial charge in [-0.1, -0.05) is 6.08 Å². The Balaban J connectivity index is 2.91. The Bertz CT molecular complexity index is 380. The highest BCUT2D eigenvalue weighted by atomic mass is 16.6. The minimum Gasteiger partial charge on any atom is -0.443 e. The molecule has 0 aromatic carbocycles. The summed E-state index contributed by atoms with van der Waals surface area (Å²) >= 11 is 0. The fraction of sp³-hybridized carbons (Fsp3) is 0.500. The van der Waals surface area contributed by atoms with Crippen molar-refractivity contribution >= 4 is 12.0 Å². The Morgan fingerprint density at radius 3 is 2.71 bits per heavy atom. The molecule has 0 saturated heterocycles. The molecule has 0 aromatic heterocycles. The highest BCUT2D eigenvalue weighted by molar-refractivity contribution is 6.02. The molecule has 1 atom stereocenters. The number of rotatable bonds is 2. The molecular formula is C12H17NO4. The van der Waals surface area contributed by atoms with Crippen LogP contribution in [0.15, 0.2) is 24.8 Å². The molecule has 0 spiro atoms. The molecule has 1 unspecified atom stereocenters. The third kappa shape index (κ3) is 2.94. The number of ether oxygens (including phenoxy) is 1. The fourth-order valence-electron chi connectivity index (χ4n) is 1.47. The van der Waals surface area contributed by atoms with Crippen molar-refractivity contribution in [3.05, 3.63) is 24.8 Å². The smallest absolute Gasteiger partial charge is 0.419 e. The Hall–Kier alpha value is -1.62. The third-order valence-corrected chi connectivity index (χ3v) is 2.12. The van der Waals surface area contributed by atoms with E-state index in [1.165, 1.54) is 12.2 Å². The molecule has 0 radical (unpaired) electrons.